The van der Waals surface area contributed by atoms with Gasteiger partial charge in [0.2, 0.25) is 5.95 Å². The van der Waals surface area contributed by atoms with Crippen molar-refractivity contribution in [1.29, 1.82) is 0 Å². The predicted octanol–water partition coefficient (Wildman–Crippen LogP) is 3.46. The van der Waals surface area contributed by atoms with E-state index in [2.05, 4.69) is 20.3 Å². The normalized spacial score (nSPS) is 15.2. The van der Waals surface area contributed by atoms with Crippen LogP contribution in [0.2, 0.25) is 0 Å². The number of carbonyl (C=O) groups is 1. The molecule has 0 bridgehead atoms. The van der Waals surface area contributed by atoms with Crippen molar-refractivity contribution >= 4 is 23.0 Å². The number of benzene rings is 2. The van der Waals surface area contributed by atoms with Gasteiger partial charge in [0.25, 0.3) is 0 Å². The van der Waals surface area contributed by atoms with Crippen molar-refractivity contribution in [1.82, 2.24) is 19.5 Å². The summed E-state index contributed by atoms with van der Waals surface area (Å²) in [6.07, 6.45) is 3.05. The van der Waals surface area contributed by atoms with Crippen LogP contribution in [-0.2, 0) is 11.3 Å². The summed E-state index contributed by atoms with van der Waals surface area (Å²) in [6.45, 7) is 0.00488. The summed E-state index contributed by atoms with van der Waals surface area (Å²) < 4.78 is 43.8. The van der Waals surface area contributed by atoms with E-state index in [1.165, 1.54) is 12.4 Å². The van der Waals surface area contributed by atoms with Crippen LogP contribution in [0, 0.1) is 17.5 Å². The molecule has 0 saturated carbocycles. The summed E-state index contributed by atoms with van der Waals surface area (Å²) in [4.78, 5) is 24.1. The van der Waals surface area contributed by atoms with Crippen LogP contribution >= 0.6 is 0 Å². The number of fused-ring (bicyclic) bond motifs is 2. The minimum atomic E-state index is -1.34. The van der Waals surface area contributed by atoms with Gasteiger partial charge in [0.05, 0.1) is 23.3 Å². The number of nitrogens with zero attached hydrogens (tertiary/aromatic N) is 4. The number of nitrogens with one attached hydrogen (secondary N) is 1. The lowest BCUT2D eigenvalue weighted by molar-refractivity contribution is -0.137. The van der Waals surface area contributed by atoms with Crippen molar-refractivity contribution in [3.63, 3.8) is 0 Å². The summed E-state index contributed by atoms with van der Waals surface area (Å²) in [6, 6.07) is 5.43. The molecule has 2 N–H and O–H groups in total. The zero-order valence-electron chi connectivity index (χ0n) is 15.1. The highest BCUT2D eigenvalue weighted by Gasteiger charge is 2.33. The van der Waals surface area contributed by atoms with Crippen LogP contribution in [0.4, 0.5) is 19.1 Å². The number of hydrogen-bond acceptors (Lipinski definition) is 5. The van der Waals surface area contributed by atoms with Gasteiger partial charge in [-0.2, -0.15) is 0 Å². The van der Waals surface area contributed by atoms with Crippen LogP contribution in [-0.4, -0.2) is 36.6 Å². The Morgan fingerprint density at radius 2 is 1.87 bits per heavy atom. The number of aliphatic carboxylic acids is 1. The second kappa shape index (κ2) is 6.55. The quantitative estimate of drug-likeness (QED) is 0.502. The van der Waals surface area contributed by atoms with Crippen LogP contribution in [0.15, 0.2) is 42.7 Å². The highest BCUT2D eigenvalue weighted by molar-refractivity contribution is 5.88. The SMILES string of the molecule is O=C(O)C1Cn2c(nc(-c3cc(F)cc(F)c3F)c2-c2ccc3nccnc3c2)N1. The first-order chi connectivity index (χ1) is 14.4. The number of hydrogen-bond donors (Lipinski definition) is 2. The Balaban J connectivity index is 1.77. The maximum Gasteiger partial charge on any atom is 0.328 e. The number of carboxylic acid groups (broad SMARTS) is 1. The minimum absolute atomic E-state index is 0.00488. The molecule has 3 heterocycles. The number of halogens is 3. The predicted molar refractivity (Wildman–Crippen MR) is 101 cm³/mol. The number of imidazole rings is 1. The maximum absolute atomic E-state index is 14.6. The molecule has 4 aromatic rings. The molecule has 7 nitrogen and oxygen atoms in total. The van der Waals surface area contributed by atoms with Gasteiger partial charge in [0, 0.05) is 29.6 Å². The minimum Gasteiger partial charge on any atom is -0.480 e. The van der Waals surface area contributed by atoms with Gasteiger partial charge in [-0.3, -0.25) is 9.97 Å². The lowest BCUT2D eigenvalue weighted by Crippen LogP contribution is -2.27. The third-order valence-electron chi connectivity index (χ3n) is 4.93. The largest absolute Gasteiger partial charge is 0.480 e. The molecular formula is C20H12F3N5O2. The lowest BCUT2D eigenvalue weighted by Gasteiger charge is -2.11. The second-order valence-corrected chi connectivity index (χ2v) is 6.79. The van der Waals surface area contributed by atoms with Crippen LogP contribution in [0.5, 0.6) is 0 Å². The highest BCUT2D eigenvalue weighted by atomic mass is 19.2. The smallest absolute Gasteiger partial charge is 0.328 e. The van der Waals surface area contributed by atoms with Crippen molar-refractivity contribution in [2.75, 3.05) is 5.32 Å². The molecular weight excluding hydrogens is 399 g/mol. The van der Waals surface area contributed by atoms with Crippen LogP contribution in [0.3, 0.4) is 0 Å². The zero-order valence-corrected chi connectivity index (χ0v) is 15.1. The molecule has 1 aliphatic rings. The van der Waals surface area contributed by atoms with E-state index < -0.39 is 29.5 Å². The lowest BCUT2D eigenvalue weighted by atomic mass is 10.0. The van der Waals surface area contributed by atoms with E-state index in [0.29, 0.717) is 28.4 Å². The van der Waals surface area contributed by atoms with E-state index >= 15 is 0 Å². The third kappa shape index (κ3) is 2.76. The molecule has 10 heteroatoms. The van der Waals surface area contributed by atoms with E-state index in [-0.39, 0.29) is 23.8 Å². The first-order valence-electron chi connectivity index (χ1n) is 8.88. The molecule has 30 heavy (non-hydrogen) atoms. The summed E-state index contributed by atoms with van der Waals surface area (Å²) in [5.74, 6) is -4.46. The van der Waals surface area contributed by atoms with E-state index in [0.717, 1.165) is 6.07 Å². The van der Waals surface area contributed by atoms with Crippen molar-refractivity contribution < 1.29 is 23.1 Å². The van der Waals surface area contributed by atoms with Gasteiger partial charge in [0.1, 0.15) is 17.6 Å². The average Bonchev–Trinajstić information content (AvgIpc) is 3.28. The van der Waals surface area contributed by atoms with E-state index in [1.807, 2.05) is 0 Å². The monoisotopic (exact) mass is 411 g/mol. The summed E-state index contributed by atoms with van der Waals surface area (Å²) in [5, 5.41) is 12.1. The fourth-order valence-corrected chi connectivity index (χ4v) is 3.58. The Morgan fingerprint density at radius 1 is 1.10 bits per heavy atom. The number of aromatic nitrogens is 4. The maximum atomic E-state index is 14.6. The van der Waals surface area contributed by atoms with E-state index in [1.54, 1.807) is 22.8 Å². The van der Waals surface area contributed by atoms with E-state index in [9.17, 15) is 23.1 Å². The number of carboxylic acids is 1. The Labute approximate surface area is 166 Å². The topological polar surface area (TPSA) is 92.9 Å². The van der Waals surface area contributed by atoms with Crippen LogP contribution in [0.25, 0.3) is 33.5 Å². The average molecular weight is 411 g/mol. The molecule has 1 atom stereocenters. The van der Waals surface area contributed by atoms with Crippen LogP contribution in [0.1, 0.15) is 0 Å². The summed E-state index contributed by atoms with van der Waals surface area (Å²) in [5.41, 5.74) is 1.63. The Kier molecular flexibility index (Phi) is 3.95. The molecule has 1 aliphatic heterocycles. The highest BCUT2D eigenvalue weighted by Crippen LogP contribution is 2.39. The van der Waals surface area contributed by atoms with Crippen molar-refractivity contribution in [3.8, 4) is 22.5 Å². The molecule has 1 unspecified atom stereocenters. The van der Waals surface area contributed by atoms with E-state index in [4.69, 9.17) is 0 Å². The molecule has 0 saturated heterocycles. The van der Waals surface area contributed by atoms with Gasteiger partial charge in [-0.15, -0.1) is 0 Å². The molecule has 5 rings (SSSR count). The molecule has 0 radical (unpaired) electrons. The van der Waals surface area contributed by atoms with Crippen molar-refractivity contribution in [2.45, 2.75) is 12.6 Å². The molecule has 2 aromatic heterocycles. The van der Waals surface area contributed by atoms with Gasteiger partial charge in [-0.1, -0.05) is 6.07 Å². The van der Waals surface area contributed by atoms with Crippen molar-refractivity contribution in [2.24, 2.45) is 0 Å². The van der Waals surface area contributed by atoms with Crippen molar-refractivity contribution in [3.05, 3.63) is 60.2 Å². The molecule has 150 valence electrons. The van der Waals surface area contributed by atoms with Gasteiger partial charge in [0.15, 0.2) is 11.6 Å². The third-order valence-corrected chi connectivity index (χ3v) is 4.93. The molecule has 0 fully saturated rings. The fraction of sp³-hybridized carbons (Fsp3) is 0.100. The Morgan fingerprint density at radius 3 is 2.63 bits per heavy atom. The standard InChI is InChI=1S/C20H12F3N5O2/c21-10-6-11(16(23)12(22)7-10)17-18(28-8-15(19(29)30)26-20(28)27-17)9-1-2-13-14(5-9)25-4-3-24-13/h1-7,15H,8H2,(H,26,27)(H,29,30). The summed E-state index contributed by atoms with van der Waals surface area (Å²) >= 11 is 0. The molecule has 0 amide bonds. The van der Waals surface area contributed by atoms with Gasteiger partial charge < -0.3 is 15.0 Å². The Hall–Kier alpha value is -3.95. The Bertz CT molecular complexity index is 1340. The van der Waals surface area contributed by atoms with Gasteiger partial charge >= 0.3 is 5.97 Å². The number of anilines is 1. The zero-order chi connectivity index (χ0) is 21.0. The molecule has 0 aliphatic carbocycles. The number of rotatable bonds is 3. The summed E-state index contributed by atoms with van der Waals surface area (Å²) in [7, 11) is 0. The first kappa shape index (κ1) is 18.1. The van der Waals surface area contributed by atoms with Gasteiger partial charge in [-0.05, 0) is 18.2 Å². The molecule has 0 spiro atoms. The fourth-order valence-electron chi connectivity index (χ4n) is 3.58. The first-order valence-corrected chi connectivity index (χ1v) is 8.88. The van der Waals surface area contributed by atoms with Crippen LogP contribution < -0.4 is 5.32 Å². The van der Waals surface area contributed by atoms with Gasteiger partial charge in [-0.25, -0.2) is 22.9 Å². The molecule has 2 aromatic carbocycles. The second-order valence-electron chi connectivity index (χ2n) is 6.79.